The van der Waals surface area contributed by atoms with Gasteiger partial charge in [0.25, 0.3) is 11.8 Å². The van der Waals surface area contributed by atoms with Crippen LogP contribution in [0, 0.1) is 6.92 Å². The van der Waals surface area contributed by atoms with Crippen molar-refractivity contribution in [1.29, 1.82) is 0 Å². The lowest BCUT2D eigenvalue weighted by Gasteiger charge is -2.16. The summed E-state index contributed by atoms with van der Waals surface area (Å²) in [6.45, 7) is 5.78. The Morgan fingerprint density at radius 3 is 2.34 bits per heavy atom. The molecule has 2 aromatic heterocycles. The third-order valence-corrected chi connectivity index (χ3v) is 6.04. The molecule has 0 aliphatic rings. The molecule has 3 rings (SSSR count). The van der Waals surface area contributed by atoms with Crippen molar-refractivity contribution in [2.24, 2.45) is 0 Å². The first-order valence-electron chi connectivity index (χ1n) is 10.2. The van der Waals surface area contributed by atoms with Crippen LogP contribution in [-0.4, -0.2) is 32.9 Å². The van der Waals surface area contributed by atoms with Crippen LogP contribution in [-0.2, 0) is 0 Å². The van der Waals surface area contributed by atoms with Crippen LogP contribution in [0.1, 0.15) is 64.6 Å². The summed E-state index contributed by atoms with van der Waals surface area (Å²) in [4.78, 5) is 38.9. The highest BCUT2D eigenvalue weighted by Gasteiger charge is 2.30. The van der Waals surface area contributed by atoms with E-state index in [2.05, 4.69) is 21.4 Å². The number of hydrogen-bond donors (Lipinski definition) is 4. The number of hydrogen-bond acceptors (Lipinski definition) is 5. The Hall–Kier alpha value is -3.66. The molecule has 3 amide bonds. The lowest BCUT2D eigenvalue weighted by molar-refractivity contribution is 0.0840. The predicted molar refractivity (Wildman–Crippen MR) is 122 cm³/mol. The van der Waals surface area contributed by atoms with E-state index in [0.717, 1.165) is 28.1 Å². The number of amides is 3. The lowest BCUT2D eigenvalue weighted by atomic mass is 9.91. The first kappa shape index (κ1) is 23.0. The Labute approximate surface area is 189 Å². The molecule has 0 saturated heterocycles. The smallest absolute Gasteiger partial charge is 0.425 e. The molecule has 0 spiro atoms. The number of aromatic nitrogens is 2. The van der Waals surface area contributed by atoms with Gasteiger partial charge >= 0.3 is 6.09 Å². The summed E-state index contributed by atoms with van der Waals surface area (Å²) in [5.41, 5.74) is 9.37. The number of nitrogens with zero attached hydrogens (tertiary/aromatic N) is 2. The van der Waals surface area contributed by atoms with Crippen LogP contribution in [0.5, 0.6) is 0 Å². The van der Waals surface area contributed by atoms with E-state index >= 15 is 0 Å². The van der Waals surface area contributed by atoms with Crippen molar-refractivity contribution in [1.82, 2.24) is 20.7 Å². The fourth-order valence-corrected chi connectivity index (χ4v) is 4.29. The molecule has 4 N–H and O–H groups in total. The molecule has 3 aromatic rings. The molecule has 0 saturated carbocycles. The van der Waals surface area contributed by atoms with E-state index in [1.807, 2.05) is 37.4 Å². The van der Waals surface area contributed by atoms with Gasteiger partial charge in [-0.05, 0) is 48.8 Å². The molecule has 0 unspecified atom stereocenters. The molecule has 0 aliphatic carbocycles. The highest BCUT2D eigenvalue weighted by atomic mass is 32.1. The van der Waals surface area contributed by atoms with Crippen molar-refractivity contribution in [2.45, 2.75) is 39.5 Å². The average Bonchev–Trinajstić information content (AvgIpc) is 3.41. The maximum atomic E-state index is 13.2. The van der Waals surface area contributed by atoms with Crippen molar-refractivity contribution < 1.29 is 19.5 Å². The molecule has 9 nitrogen and oxygen atoms in total. The van der Waals surface area contributed by atoms with E-state index in [1.165, 1.54) is 11.3 Å². The predicted octanol–water partition coefficient (Wildman–Crippen LogP) is 4.12. The van der Waals surface area contributed by atoms with Gasteiger partial charge in [0.15, 0.2) is 5.69 Å². The molecule has 0 aliphatic heterocycles. The van der Waals surface area contributed by atoms with Crippen molar-refractivity contribution in [3.05, 3.63) is 64.2 Å². The SMILES string of the molecule is CCC(CC)c1c(-c2cccs2)nn(NC(=O)O)c1C(=O)NNC(=O)c1ccccc1C. The molecular weight excluding hydrogens is 430 g/mol. The third kappa shape index (κ3) is 4.80. The van der Waals surface area contributed by atoms with Gasteiger partial charge in [-0.2, -0.15) is 9.89 Å². The van der Waals surface area contributed by atoms with Crippen LogP contribution in [0.2, 0.25) is 0 Å². The number of thiophene rings is 1. The summed E-state index contributed by atoms with van der Waals surface area (Å²) in [7, 11) is 0. The van der Waals surface area contributed by atoms with E-state index in [9.17, 15) is 19.5 Å². The summed E-state index contributed by atoms with van der Waals surface area (Å²) in [6, 6.07) is 10.7. The molecule has 168 valence electrons. The average molecular weight is 456 g/mol. The maximum absolute atomic E-state index is 13.2. The second-order valence-corrected chi connectivity index (χ2v) is 8.10. The quantitative estimate of drug-likeness (QED) is 0.399. The minimum atomic E-state index is -1.36. The van der Waals surface area contributed by atoms with Gasteiger partial charge < -0.3 is 5.11 Å². The fourth-order valence-electron chi connectivity index (χ4n) is 3.57. The minimum absolute atomic E-state index is 0.0367. The molecule has 10 heteroatoms. The van der Waals surface area contributed by atoms with Crippen LogP contribution in [0.3, 0.4) is 0 Å². The minimum Gasteiger partial charge on any atom is -0.464 e. The number of hydrazine groups is 1. The van der Waals surface area contributed by atoms with Gasteiger partial charge in [0.1, 0.15) is 5.69 Å². The molecule has 2 heterocycles. The van der Waals surface area contributed by atoms with Crippen molar-refractivity contribution in [2.75, 3.05) is 5.43 Å². The highest BCUT2D eigenvalue weighted by molar-refractivity contribution is 7.13. The van der Waals surface area contributed by atoms with Crippen LogP contribution in [0.25, 0.3) is 10.6 Å². The van der Waals surface area contributed by atoms with Gasteiger partial charge in [0.2, 0.25) is 0 Å². The number of benzene rings is 1. The highest BCUT2D eigenvalue weighted by Crippen LogP contribution is 2.36. The van der Waals surface area contributed by atoms with Crippen molar-refractivity contribution in [3.63, 3.8) is 0 Å². The Kier molecular flexibility index (Phi) is 7.26. The van der Waals surface area contributed by atoms with E-state index < -0.39 is 17.9 Å². The van der Waals surface area contributed by atoms with E-state index in [4.69, 9.17) is 0 Å². The molecule has 1 aromatic carbocycles. The molecule has 0 radical (unpaired) electrons. The van der Waals surface area contributed by atoms with Crippen molar-refractivity contribution >= 4 is 29.2 Å². The first-order valence-corrected chi connectivity index (χ1v) is 11.1. The van der Waals surface area contributed by atoms with Gasteiger partial charge in [-0.1, -0.05) is 38.1 Å². The number of rotatable bonds is 7. The number of carbonyl (C=O) groups excluding carboxylic acids is 2. The zero-order chi connectivity index (χ0) is 23.3. The number of carbonyl (C=O) groups is 3. The molecular formula is C22H25N5O4S. The van der Waals surface area contributed by atoms with Gasteiger partial charge in [-0.25, -0.2) is 10.2 Å². The Morgan fingerprint density at radius 1 is 1.06 bits per heavy atom. The van der Waals surface area contributed by atoms with Gasteiger partial charge in [-0.15, -0.1) is 11.3 Å². The number of nitrogens with one attached hydrogen (secondary N) is 3. The van der Waals surface area contributed by atoms with E-state index in [-0.39, 0.29) is 11.6 Å². The Balaban J connectivity index is 2.00. The Bertz CT molecular complexity index is 1120. The zero-order valence-electron chi connectivity index (χ0n) is 18.0. The third-order valence-electron chi connectivity index (χ3n) is 5.17. The molecule has 32 heavy (non-hydrogen) atoms. The van der Waals surface area contributed by atoms with Crippen LogP contribution in [0.4, 0.5) is 4.79 Å². The largest absolute Gasteiger partial charge is 0.464 e. The summed E-state index contributed by atoms with van der Waals surface area (Å²) in [5, 5.41) is 15.6. The molecule has 0 atom stereocenters. The van der Waals surface area contributed by atoms with Gasteiger partial charge in [0, 0.05) is 11.1 Å². The van der Waals surface area contributed by atoms with Gasteiger partial charge in [-0.3, -0.25) is 20.4 Å². The van der Waals surface area contributed by atoms with Crippen LogP contribution in [0.15, 0.2) is 41.8 Å². The Morgan fingerprint density at radius 2 is 1.75 bits per heavy atom. The summed E-state index contributed by atoms with van der Waals surface area (Å²) in [6.07, 6.45) is 0.0896. The normalized spacial score (nSPS) is 10.8. The van der Waals surface area contributed by atoms with Gasteiger partial charge in [0.05, 0.1) is 4.88 Å². The summed E-state index contributed by atoms with van der Waals surface area (Å²) in [5.74, 6) is -1.18. The van der Waals surface area contributed by atoms with E-state index in [1.54, 1.807) is 25.1 Å². The topological polar surface area (TPSA) is 125 Å². The number of carboxylic acid groups (broad SMARTS) is 1. The first-order chi connectivity index (χ1) is 15.4. The molecule has 0 bridgehead atoms. The fraction of sp³-hybridized carbons (Fsp3) is 0.273. The number of aryl methyl sites for hydroxylation is 1. The monoisotopic (exact) mass is 455 g/mol. The summed E-state index contributed by atoms with van der Waals surface area (Å²) < 4.78 is 0. The maximum Gasteiger partial charge on any atom is 0.425 e. The van der Waals surface area contributed by atoms with Crippen LogP contribution >= 0.6 is 11.3 Å². The second kappa shape index (κ2) is 10.1. The lowest BCUT2D eigenvalue weighted by Crippen LogP contribution is -2.43. The molecule has 0 fully saturated rings. The van der Waals surface area contributed by atoms with Crippen molar-refractivity contribution in [3.8, 4) is 10.6 Å². The second-order valence-electron chi connectivity index (χ2n) is 7.15. The van der Waals surface area contributed by atoms with Crippen LogP contribution < -0.4 is 16.3 Å². The standard InChI is InChI=1S/C22H25N5O4S/c1-4-14(5-2)17-18(16-11-8-12-32-16)25-27(26-22(30)31)19(17)21(29)24-23-20(28)15-10-7-6-9-13(15)3/h6-12,14,26H,4-5H2,1-3H3,(H,23,28)(H,24,29)(H,30,31). The zero-order valence-corrected chi connectivity index (χ0v) is 18.8. The van der Waals surface area contributed by atoms with E-state index in [0.29, 0.717) is 16.8 Å². The summed E-state index contributed by atoms with van der Waals surface area (Å²) >= 11 is 1.45.